The first-order chi connectivity index (χ1) is 9.56. The fourth-order valence-corrected chi connectivity index (χ4v) is 3.09. The Hall–Kier alpha value is -1.70. The smallest absolute Gasteiger partial charge is 0.407 e. The highest BCUT2D eigenvalue weighted by Crippen LogP contribution is 2.34. The molecule has 0 aromatic carbocycles. The number of hydrogen-bond donors (Lipinski definition) is 2. The molecule has 2 amide bonds. The number of carbonyl (C=O) groups excluding carboxylic acids is 2. The van der Waals surface area contributed by atoms with Crippen molar-refractivity contribution in [1.82, 2.24) is 10.2 Å². The summed E-state index contributed by atoms with van der Waals surface area (Å²) < 4.78 is 4.93. The van der Waals surface area contributed by atoms with Crippen LogP contribution in [-0.2, 0) is 14.3 Å². The van der Waals surface area contributed by atoms with Crippen molar-refractivity contribution in [2.45, 2.75) is 31.8 Å². The fourth-order valence-electron chi connectivity index (χ4n) is 2.08. The molecular weight excluding hydrogens is 284 g/mol. The van der Waals surface area contributed by atoms with Crippen LogP contribution in [0.5, 0.6) is 0 Å². The minimum Gasteiger partial charge on any atom is -0.477 e. The fraction of sp³-hybridized carbons (Fsp3) is 0.583. The molecule has 7 nitrogen and oxygen atoms in total. The summed E-state index contributed by atoms with van der Waals surface area (Å²) in [5.41, 5.74) is -0.0337. The zero-order chi connectivity index (χ0) is 14.7. The van der Waals surface area contributed by atoms with Gasteiger partial charge in [0, 0.05) is 11.2 Å². The molecule has 8 heteroatoms. The van der Waals surface area contributed by atoms with E-state index in [4.69, 9.17) is 9.84 Å². The first-order valence-corrected chi connectivity index (χ1v) is 7.42. The summed E-state index contributed by atoms with van der Waals surface area (Å²) in [7, 11) is 0. The van der Waals surface area contributed by atoms with Gasteiger partial charge in [-0.1, -0.05) is 13.3 Å². The molecule has 0 radical (unpaired) electrons. The van der Waals surface area contributed by atoms with Crippen LogP contribution in [0, 0.1) is 0 Å². The number of fused-ring (bicyclic) bond motifs is 1. The molecule has 2 N–H and O–H groups in total. The molecule has 2 aliphatic rings. The van der Waals surface area contributed by atoms with Gasteiger partial charge in [0.1, 0.15) is 11.7 Å². The Morgan fingerprint density at radius 1 is 1.60 bits per heavy atom. The molecule has 2 rings (SSSR count). The number of unbranched alkanes of at least 4 members (excludes halogenated alkanes) is 1. The summed E-state index contributed by atoms with van der Waals surface area (Å²) in [6.07, 6.45) is 1.05. The second kappa shape index (κ2) is 6.17. The molecule has 1 fully saturated rings. The van der Waals surface area contributed by atoms with E-state index in [1.54, 1.807) is 0 Å². The molecular formula is C12H16N2O5S. The van der Waals surface area contributed by atoms with Crippen LogP contribution in [0.2, 0.25) is 0 Å². The number of rotatable bonds is 5. The first-order valence-electron chi connectivity index (χ1n) is 6.37. The number of thioether (sulfide) groups is 1. The third-order valence-electron chi connectivity index (χ3n) is 3.16. The van der Waals surface area contributed by atoms with Crippen molar-refractivity contribution in [2.24, 2.45) is 0 Å². The van der Waals surface area contributed by atoms with Gasteiger partial charge in [0.15, 0.2) is 0 Å². The Bertz CT molecular complexity index is 465. The minimum atomic E-state index is -1.14. The van der Waals surface area contributed by atoms with Crippen LogP contribution in [0.15, 0.2) is 11.1 Å². The van der Waals surface area contributed by atoms with Gasteiger partial charge in [-0.05, 0) is 6.42 Å². The average Bonchev–Trinajstić information content (AvgIpc) is 2.43. The van der Waals surface area contributed by atoms with Crippen molar-refractivity contribution in [1.29, 1.82) is 0 Å². The van der Waals surface area contributed by atoms with Gasteiger partial charge in [-0.15, -0.1) is 11.8 Å². The van der Waals surface area contributed by atoms with Crippen LogP contribution in [0.1, 0.15) is 19.8 Å². The normalized spacial score (nSPS) is 24.4. The zero-order valence-electron chi connectivity index (χ0n) is 11.0. The van der Waals surface area contributed by atoms with Crippen LogP contribution >= 0.6 is 11.8 Å². The zero-order valence-corrected chi connectivity index (χ0v) is 11.8. The second-order valence-electron chi connectivity index (χ2n) is 4.53. The van der Waals surface area contributed by atoms with Crippen LogP contribution in [0.25, 0.3) is 0 Å². The third kappa shape index (κ3) is 2.74. The predicted molar refractivity (Wildman–Crippen MR) is 72.0 cm³/mol. The Labute approximate surface area is 120 Å². The SMILES string of the molecule is CCCCOC(=O)NC1C(=O)N2C(C(=O)O)=CSCC12. The summed E-state index contributed by atoms with van der Waals surface area (Å²) in [6, 6.07) is -1.01. The van der Waals surface area contributed by atoms with Gasteiger partial charge < -0.3 is 15.2 Å². The van der Waals surface area contributed by atoms with E-state index in [1.165, 1.54) is 22.1 Å². The average molecular weight is 300 g/mol. The molecule has 2 unspecified atom stereocenters. The minimum absolute atomic E-state index is 0.0337. The molecule has 20 heavy (non-hydrogen) atoms. The van der Waals surface area contributed by atoms with Crippen LogP contribution < -0.4 is 5.32 Å². The number of nitrogens with zero attached hydrogens (tertiary/aromatic N) is 1. The molecule has 1 saturated heterocycles. The highest BCUT2D eigenvalue weighted by molar-refractivity contribution is 8.02. The number of aliphatic carboxylic acids is 1. The van der Waals surface area contributed by atoms with Gasteiger partial charge in [-0.2, -0.15) is 0 Å². The van der Waals surface area contributed by atoms with Crippen molar-refractivity contribution in [2.75, 3.05) is 12.4 Å². The maximum Gasteiger partial charge on any atom is 0.407 e. The lowest BCUT2D eigenvalue weighted by Crippen LogP contribution is -2.72. The first kappa shape index (κ1) is 14.7. The van der Waals surface area contributed by atoms with Gasteiger partial charge in [0.05, 0.1) is 12.6 Å². The quantitative estimate of drug-likeness (QED) is 0.575. The molecule has 0 saturated carbocycles. The van der Waals surface area contributed by atoms with E-state index in [0.29, 0.717) is 12.4 Å². The Kier molecular flexibility index (Phi) is 4.53. The van der Waals surface area contributed by atoms with Crippen molar-refractivity contribution in [3.63, 3.8) is 0 Å². The number of carboxylic acids is 1. The largest absolute Gasteiger partial charge is 0.477 e. The van der Waals surface area contributed by atoms with E-state index in [1.807, 2.05) is 6.92 Å². The van der Waals surface area contributed by atoms with Gasteiger partial charge in [0.25, 0.3) is 5.91 Å². The third-order valence-corrected chi connectivity index (χ3v) is 4.09. The Balaban J connectivity index is 1.91. The lowest BCUT2D eigenvalue weighted by atomic mass is 9.95. The van der Waals surface area contributed by atoms with Crippen molar-refractivity contribution < 1.29 is 24.2 Å². The maximum atomic E-state index is 11.9. The number of β-lactam (4-membered cyclic amide) rings is 1. The van der Waals surface area contributed by atoms with Crippen LogP contribution in [0.4, 0.5) is 4.79 Å². The number of hydrogen-bond acceptors (Lipinski definition) is 5. The molecule has 110 valence electrons. The number of amides is 2. The van der Waals surface area contributed by atoms with E-state index in [-0.39, 0.29) is 11.7 Å². The molecule has 0 aliphatic carbocycles. The van der Waals surface area contributed by atoms with E-state index in [9.17, 15) is 14.4 Å². The highest BCUT2D eigenvalue weighted by Gasteiger charge is 2.52. The van der Waals surface area contributed by atoms with Gasteiger partial charge in [-0.3, -0.25) is 9.69 Å². The molecule has 0 bridgehead atoms. The van der Waals surface area contributed by atoms with Gasteiger partial charge >= 0.3 is 12.1 Å². The number of nitrogens with one attached hydrogen (secondary N) is 1. The lowest BCUT2D eigenvalue weighted by molar-refractivity contribution is -0.151. The van der Waals surface area contributed by atoms with E-state index < -0.39 is 24.0 Å². The molecule has 0 aromatic heterocycles. The molecule has 0 spiro atoms. The number of carboxylic acid groups (broad SMARTS) is 1. The topological polar surface area (TPSA) is 95.9 Å². The Morgan fingerprint density at radius 2 is 2.35 bits per heavy atom. The van der Waals surface area contributed by atoms with Crippen LogP contribution in [0.3, 0.4) is 0 Å². The van der Waals surface area contributed by atoms with Gasteiger partial charge in [0.2, 0.25) is 0 Å². The summed E-state index contributed by atoms with van der Waals surface area (Å²) >= 11 is 1.32. The predicted octanol–water partition coefficient (Wildman–Crippen LogP) is 0.765. The van der Waals surface area contributed by atoms with Crippen molar-refractivity contribution >= 4 is 29.7 Å². The second-order valence-corrected chi connectivity index (χ2v) is 5.43. The summed E-state index contributed by atoms with van der Waals surface area (Å²) in [5, 5.41) is 13.0. The number of alkyl carbamates (subject to hydrolysis) is 1. The molecule has 0 aromatic rings. The van der Waals surface area contributed by atoms with E-state index >= 15 is 0 Å². The molecule has 2 aliphatic heterocycles. The summed E-state index contributed by atoms with van der Waals surface area (Å²) in [4.78, 5) is 35.7. The standard InChI is InChI=1S/C12H16N2O5S/c1-2-3-4-19-12(18)13-9-7-5-20-6-8(11(16)17)14(7)10(9)15/h6-7,9H,2-5H2,1H3,(H,13,18)(H,16,17). The van der Waals surface area contributed by atoms with Crippen molar-refractivity contribution in [3.8, 4) is 0 Å². The highest BCUT2D eigenvalue weighted by atomic mass is 32.2. The lowest BCUT2D eigenvalue weighted by Gasteiger charge is -2.48. The molecule has 2 heterocycles. The molecule has 2 atom stereocenters. The van der Waals surface area contributed by atoms with Crippen molar-refractivity contribution in [3.05, 3.63) is 11.1 Å². The number of ether oxygens (including phenoxy) is 1. The van der Waals surface area contributed by atoms with E-state index in [2.05, 4.69) is 5.32 Å². The summed E-state index contributed by atoms with van der Waals surface area (Å²) in [6.45, 7) is 2.29. The number of carbonyl (C=O) groups is 3. The summed E-state index contributed by atoms with van der Waals surface area (Å²) in [5.74, 6) is -0.987. The van der Waals surface area contributed by atoms with Gasteiger partial charge in [-0.25, -0.2) is 9.59 Å². The monoisotopic (exact) mass is 300 g/mol. The Morgan fingerprint density at radius 3 is 3.00 bits per heavy atom. The maximum absolute atomic E-state index is 11.9. The van der Waals surface area contributed by atoms with E-state index in [0.717, 1.165) is 12.8 Å². The van der Waals surface area contributed by atoms with Crippen LogP contribution in [-0.4, -0.2) is 52.4 Å².